The van der Waals surface area contributed by atoms with Gasteiger partial charge >= 0.3 is 6.09 Å². The zero-order valence-corrected chi connectivity index (χ0v) is 24.4. The fourth-order valence-corrected chi connectivity index (χ4v) is 6.74. The predicted molar refractivity (Wildman–Crippen MR) is 160 cm³/mol. The predicted octanol–water partition coefficient (Wildman–Crippen LogP) is 6.48. The fourth-order valence-electron chi connectivity index (χ4n) is 5.64. The standard InChI is InChI=1S/C31H35N5O3S/c1-17-16-32-27-26-21-7-9-23(35-24(21)10-11-25(26)40-28(27)29(37)33-17)20-6-8-22(34-18(20)2)19-12-14-36(15-13-19)30(38)39-31(3,4)5/h6-11,17,19,32H,12-16H2,1-5H3,(H,33,37)/t17-/m1/s1. The van der Waals surface area contributed by atoms with Crippen LogP contribution in [0.2, 0.25) is 0 Å². The molecular weight excluding hydrogens is 522 g/mol. The molecule has 0 bridgehead atoms. The number of thiophene rings is 1. The lowest BCUT2D eigenvalue weighted by atomic mass is 9.92. The van der Waals surface area contributed by atoms with Crippen molar-refractivity contribution in [1.29, 1.82) is 0 Å². The number of hydrogen-bond acceptors (Lipinski definition) is 7. The Kier molecular flexibility index (Phi) is 6.65. The highest BCUT2D eigenvalue weighted by atomic mass is 32.1. The Morgan fingerprint density at radius 3 is 2.58 bits per heavy atom. The quantitative estimate of drug-likeness (QED) is 0.293. The lowest BCUT2D eigenvalue weighted by Gasteiger charge is -2.33. The maximum Gasteiger partial charge on any atom is 0.410 e. The van der Waals surface area contributed by atoms with Crippen molar-refractivity contribution in [3.8, 4) is 11.3 Å². The van der Waals surface area contributed by atoms with Gasteiger partial charge in [0.2, 0.25) is 0 Å². The first-order valence-electron chi connectivity index (χ1n) is 13.9. The zero-order valence-electron chi connectivity index (χ0n) is 23.6. The Balaban J connectivity index is 1.24. The van der Waals surface area contributed by atoms with E-state index in [4.69, 9.17) is 14.7 Å². The number of benzene rings is 1. The van der Waals surface area contributed by atoms with E-state index in [0.29, 0.717) is 25.6 Å². The summed E-state index contributed by atoms with van der Waals surface area (Å²) in [6.07, 6.45) is 1.49. The molecule has 0 aliphatic carbocycles. The summed E-state index contributed by atoms with van der Waals surface area (Å²) in [7, 11) is 0. The molecule has 40 heavy (non-hydrogen) atoms. The number of aryl methyl sites for hydroxylation is 1. The molecule has 2 aliphatic rings. The minimum Gasteiger partial charge on any atom is -0.444 e. The summed E-state index contributed by atoms with van der Waals surface area (Å²) >= 11 is 1.52. The number of carbonyl (C=O) groups excluding carboxylic acids is 2. The van der Waals surface area contributed by atoms with E-state index in [0.717, 1.165) is 67.0 Å². The van der Waals surface area contributed by atoms with Crippen molar-refractivity contribution < 1.29 is 14.3 Å². The lowest BCUT2D eigenvalue weighted by molar-refractivity contribution is 0.0204. The van der Waals surface area contributed by atoms with E-state index in [1.165, 1.54) is 11.3 Å². The van der Waals surface area contributed by atoms with Gasteiger partial charge in [-0.2, -0.15) is 0 Å². The van der Waals surface area contributed by atoms with Gasteiger partial charge in [-0.25, -0.2) is 9.78 Å². The molecule has 8 nitrogen and oxygen atoms in total. The summed E-state index contributed by atoms with van der Waals surface area (Å²) < 4.78 is 6.61. The Hall–Kier alpha value is -3.72. The van der Waals surface area contributed by atoms with E-state index in [1.54, 1.807) is 4.90 Å². The third-order valence-corrected chi connectivity index (χ3v) is 8.79. The molecule has 1 fully saturated rings. The van der Waals surface area contributed by atoms with Gasteiger partial charge in [0.05, 0.1) is 16.9 Å². The normalized spacial score (nSPS) is 18.3. The van der Waals surface area contributed by atoms with Gasteiger partial charge in [-0.1, -0.05) is 0 Å². The molecule has 2 aliphatic heterocycles. The molecule has 9 heteroatoms. The summed E-state index contributed by atoms with van der Waals surface area (Å²) in [6.45, 7) is 11.7. The Morgan fingerprint density at radius 1 is 1.07 bits per heavy atom. The van der Waals surface area contributed by atoms with Gasteiger partial charge < -0.3 is 20.3 Å². The summed E-state index contributed by atoms with van der Waals surface area (Å²) in [6, 6.07) is 12.5. The van der Waals surface area contributed by atoms with Crippen LogP contribution in [0.25, 0.3) is 32.2 Å². The topological polar surface area (TPSA) is 96.5 Å². The number of ether oxygens (including phenoxy) is 1. The Bertz CT molecular complexity index is 1630. The van der Waals surface area contributed by atoms with Crippen molar-refractivity contribution in [1.82, 2.24) is 20.2 Å². The molecule has 2 amide bonds. The van der Waals surface area contributed by atoms with Crippen molar-refractivity contribution in [2.75, 3.05) is 25.0 Å². The van der Waals surface area contributed by atoms with E-state index in [-0.39, 0.29) is 18.0 Å². The average molecular weight is 558 g/mol. The molecule has 3 aromatic heterocycles. The number of carbonyl (C=O) groups is 2. The molecule has 5 heterocycles. The van der Waals surface area contributed by atoms with E-state index in [1.807, 2.05) is 46.8 Å². The highest BCUT2D eigenvalue weighted by Gasteiger charge is 2.29. The first-order chi connectivity index (χ1) is 19.1. The van der Waals surface area contributed by atoms with Crippen LogP contribution in [0.15, 0.2) is 36.4 Å². The molecule has 0 saturated carbocycles. The van der Waals surface area contributed by atoms with Crippen molar-refractivity contribution in [2.45, 2.75) is 65.0 Å². The molecule has 1 atom stereocenters. The summed E-state index contributed by atoms with van der Waals surface area (Å²) in [5.74, 6) is 0.286. The van der Waals surface area contributed by atoms with Gasteiger partial charge in [0.25, 0.3) is 5.91 Å². The van der Waals surface area contributed by atoms with Crippen LogP contribution in [-0.2, 0) is 4.74 Å². The minimum absolute atomic E-state index is 0.0243. The number of pyridine rings is 2. The van der Waals surface area contributed by atoms with Crippen LogP contribution in [0.5, 0.6) is 0 Å². The first-order valence-corrected chi connectivity index (χ1v) is 14.8. The second-order valence-corrected chi connectivity index (χ2v) is 12.9. The van der Waals surface area contributed by atoms with Gasteiger partial charge in [-0.15, -0.1) is 11.3 Å². The van der Waals surface area contributed by atoms with Crippen molar-refractivity contribution >= 4 is 50.0 Å². The number of rotatable bonds is 2. The highest BCUT2D eigenvalue weighted by molar-refractivity contribution is 7.21. The smallest absolute Gasteiger partial charge is 0.410 e. The van der Waals surface area contributed by atoms with Gasteiger partial charge in [0.1, 0.15) is 10.5 Å². The molecule has 6 rings (SSSR count). The number of aromatic nitrogens is 2. The second-order valence-electron chi connectivity index (χ2n) is 11.9. The molecule has 4 aromatic rings. The molecule has 1 aromatic carbocycles. The number of likely N-dealkylation sites (tertiary alicyclic amines) is 1. The fraction of sp³-hybridized carbons (Fsp3) is 0.419. The number of fused-ring (bicyclic) bond motifs is 5. The summed E-state index contributed by atoms with van der Waals surface area (Å²) in [5, 5.41) is 8.64. The average Bonchev–Trinajstić information content (AvgIpc) is 3.23. The number of piperidine rings is 1. The summed E-state index contributed by atoms with van der Waals surface area (Å²) in [4.78, 5) is 37.7. The first kappa shape index (κ1) is 26.5. The Labute approximate surface area is 238 Å². The van der Waals surface area contributed by atoms with Crippen LogP contribution in [0.4, 0.5) is 10.5 Å². The third-order valence-electron chi connectivity index (χ3n) is 7.64. The van der Waals surface area contributed by atoms with Crippen LogP contribution >= 0.6 is 11.3 Å². The van der Waals surface area contributed by atoms with E-state index in [2.05, 4.69) is 34.9 Å². The van der Waals surface area contributed by atoms with Gasteiger partial charge in [-0.3, -0.25) is 9.78 Å². The second kappa shape index (κ2) is 10.0. The SMILES string of the molecule is Cc1nc(C2CCN(C(=O)OC(C)(C)C)CC2)ccc1-c1ccc2c(ccc3sc4c(c32)NC[C@@H](C)NC4=O)n1. The van der Waals surface area contributed by atoms with Crippen LogP contribution in [0, 0.1) is 6.92 Å². The zero-order chi connectivity index (χ0) is 28.2. The monoisotopic (exact) mass is 557 g/mol. The van der Waals surface area contributed by atoms with Crippen LogP contribution < -0.4 is 10.6 Å². The van der Waals surface area contributed by atoms with Gasteiger partial charge in [-0.05, 0) is 83.9 Å². The van der Waals surface area contributed by atoms with Crippen LogP contribution in [0.3, 0.4) is 0 Å². The maximum absolute atomic E-state index is 12.7. The van der Waals surface area contributed by atoms with Crippen molar-refractivity contribution in [2.24, 2.45) is 0 Å². The molecule has 208 valence electrons. The van der Waals surface area contributed by atoms with Gasteiger partial charge in [0.15, 0.2) is 0 Å². The minimum atomic E-state index is -0.486. The Morgan fingerprint density at radius 2 is 1.85 bits per heavy atom. The van der Waals surface area contributed by atoms with Crippen molar-refractivity contribution in [3.05, 3.63) is 52.7 Å². The largest absolute Gasteiger partial charge is 0.444 e. The van der Waals surface area contributed by atoms with Gasteiger partial charge in [0, 0.05) is 64.0 Å². The molecular formula is C31H35N5O3S. The number of nitrogens with zero attached hydrogens (tertiary/aromatic N) is 3. The molecule has 0 spiro atoms. The lowest BCUT2D eigenvalue weighted by Crippen LogP contribution is -2.41. The molecule has 2 N–H and O–H groups in total. The third kappa shape index (κ3) is 4.98. The van der Waals surface area contributed by atoms with E-state index < -0.39 is 5.60 Å². The number of nitrogens with one attached hydrogen (secondary N) is 2. The van der Waals surface area contributed by atoms with Crippen molar-refractivity contribution in [3.63, 3.8) is 0 Å². The molecule has 1 saturated heterocycles. The maximum atomic E-state index is 12.7. The number of amides is 2. The van der Waals surface area contributed by atoms with E-state index in [9.17, 15) is 9.59 Å². The molecule has 0 unspecified atom stereocenters. The van der Waals surface area contributed by atoms with Crippen LogP contribution in [0.1, 0.15) is 67.5 Å². The molecule has 0 radical (unpaired) electrons. The number of hydrogen-bond donors (Lipinski definition) is 2. The number of anilines is 1. The highest BCUT2D eigenvalue weighted by Crippen LogP contribution is 2.41. The summed E-state index contributed by atoms with van der Waals surface area (Å²) in [5.41, 5.74) is 5.20. The van der Waals surface area contributed by atoms with E-state index >= 15 is 0 Å². The van der Waals surface area contributed by atoms with Crippen LogP contribution in [-0.4, -0.2) is 58.1 Å².